The van der Waals surface area contributed by atoms with Gasteiger partial charge in [-0.15, -0.1) is 0 Å². The molecule has 0 aliphatic carbocycles. The average Bonchev–Trinajstić information content (AvgIpc) is 2.95. The van der Waals surface area contributed by atoms with Crippen LogP contribution in [0.5, 0.6) is 0 Å². The summed E-state index contributed by atoms with van der Waals surface area (Å²) in [5, 5.41) is 2.82. The monoisotopic (exact) mass is 589 g/mol. The SMILES string of the molecule is O=C(Nc1ccc(S(=O)(=O)N2CCN(C(c3ccccc3)c3ccccc3)CC2)cc1)c1ccccc1Br. The number of amides is 1. The topological polar surface area (TPSA) is 69.7 Å². The van der Waals surface area contributed by atoms with Crippen molar-refractivity contribution in [1.29, 1.82) is 0 Å². The molecule has 4 aromatic carbocycles. The zero-order valence-corrected chi connectivity index (χ0v) is 23.1. The molecule has 1 amide bonds. The molecule has 1 saturated heterocycles. The second-order valence-corrected chi connectivity index (χ2v) is 11.9. The van der Waals surface area contributed by atoms with Gasteiger partial charge in [-0.1, -0.05) is 72.8 Å². The zero-order chi connectivity index (χ0) is 26.5. The molecule has 0 spiro atoms. The lowest BCUT2D eigenvalue weighted by atomic mass is 9.96. The highest BCUT2D eigenvalue weighted by molar-refractivity contribution is 9.10. The lowest BCUT2D eigenvalue weighted by Gasteiger charge is -2.39. The van der Waals surface area contributed by atoms with Gasteiger partial charge in [-0.3, -0.25) is 9.69 Å². The number of hydrogen-bond donors (Lipinski definition) is 1. The number of hydrogen-bond acceptors (Lipinski definition) is 4. The van der Waals surface area contributed by atoms with Crippen LogP contribution in [0.4, 0.5) is 5.69 Å². The van der Waals surface area contributed by atoms with E-state index in [-0.39, 0.29) is 16.8 Å². The lowest BCUT2D eigenvalue weighted by molar-refractivity contribution is 0.102. The zero-order valence-electron chi connectivity index (χ0n) is 20.7. The average molecular weight is 591 g/mol. The number of nitrogens with one attached hydrogen (secondary N) is 1. The normalized spacial score (nSPS) is 14.9. The van der Waals surface area contributed by atoms with Crippen molar-refractivity contribution < 1.29 is 13.2 Å². The quantitative estimate of drug-likeness (QED) is 0.296. The van der Waals surface area contributed by atoms with Gasteiger partial charge in [0.1, 0.15) is 0 Å². The predicted octanol–water partition coefficient (Wildman–Crippen LogP) is 5.80. The van der Waals surface area contributed by atoms with Crippen LogP contribution >= 0.6 is 15.9 Å². The smallest absolute Gasteiger partial charge is 0.256 e. The molecule has 0 aromatic heterocycles. The van der Waals surface area contributed by atoms with Gasteiger partial charge in [-0.05, 0) is 63.5 Å². The minimum atomic E-state index is -3.66. The Morgan fingerprint density at radius 2 is 1.24 bits per heavy atom. The maximum Gasteiger partial charge on any atom is 0.256 e. The van der Waals surface area contributed by atoms with Crippen LogP contribution in [-0.2, 0) is 10.0 Å². The third-order valence-electron chi connectivity index (χ3n) is 6.74. The van der Waals surface area contributed by atoms with Crippen LogP contribution in [0.25, 0.3) is 0 Å². The van der Waals surface area contributed by atoms with Crippen LogP contribution < -0.4 is 5.32 Å². The number of benzene rings is 4. The maximum atomic E-state index is 13.4. The molecular weight excluding hydrogens is 562 g/mol. The molecule has 4 aromatic rings. The summed E-state index contributed by atoms with van der Waals surface area (Å²) in [4.78, 5) is 15.1. The van der Waals surface area contributed by atoms with Crippen molar-refractivity contribution in [2.45, 2.75) is 10.9 Å². The van der Waals surface area contributed by atoms with E-state index in [0.29, 0.717) is 41.9 Å². The molecule has 0 unspecified atom stereocenters. The summed E-state index contributed by atoms with van der Waals surface area (Å²) in [5.74, 6) is -0.268. The van der Waals surface area contributed by atoms with Crippen molar-refractivity contribution in [3.63, 3.8) is 0 Å². The van der Waals surface area contributed by atoms with Gasteiger partial charge in [0.25, 0.3) is 5.91 Å². The van der Waals surface area contributed by atoms with E-state index in [4.69, 9.17) is 0 Å². The third-order valence-corrected chi connectivity index (χ3v) is 9.34. The van der Waals surface area contributed by atoms with Gasteiger partial charge in [0.05, 0.1) is 16.5 Å². The van der Waals surface area contributed by atoms with E-state index in [0.717, 1.165) is 0 Å². The Labute approximate surface area is 232 Å². The van der Waals surface area contributed by atoms with Gasteiger partial charge in [-0.25, -0.2) is 8.42 Å². The summed E-state index contributed by atoms with van der Waals surface area (Å²) >= 11 is 3.38. The Kier molecular flexibility index (Phi) is 8.04. The number of sulfonamides is 1. The van der Waals surface area contributed by atoms with Crippen LogP contribution in [0.3, 0.4) is 0 Å². The molecule has 1 N–H and O–H groups in total. The molecule has 0 saturated carbocycles. The summed E-state index contributed by atoms with van der Waals surface area (Å²) in [6, 6.07) is 34.2. The van der Waals surface area contributed by atoms with Gasteiger partial charge < -0.3 is 5.32 Å². The highest BCUT2D eigenvalue weighted by atomic mass is 79.9. The van der Waals surface area contributed by atoms with E-state index in [1.165, 1.54) is 11.1 Å². The van der Waals surface area contributed by atoms with Gasteiger partial charge in [0.15, 0.2) is 0 Å². The Balaban J connectivity index is 1.27. The number of carbonyl (C=O) groups excluding carboxylic acids is 1. The summed E-state index contributed by atoms with van der Waals surface area (Å²) in [5.41, 5.74) is 3.42. The Morgan fingerprint density at radius 3 is 1.79 bits per heavy atom. The molecule has 1 heterocycles. The first-order chi connectivity index (χ1) is 18.4. The number of rotatable bonds is 7. The van der Waals surface area contributed by atoms with Crippen molar-refractivity contribution >= 4 is 37.5 Å². The van der Waals surface area contributed by atoms with Crippen LogP contribution in [0.15, 0.2) is 119 Å². The first kappa shape index (κ1) is 26.3. The van der Waals surface area contributed by atoms with Crippen molar-refractivity contribution in [3.05, 3.63) is 130 Å². The fraction of sp³-hybridized carbons (Fsp3) is 0.167. The highest BCUT2D eigenvalue weighted by Gasteiger charge is 2.32. The van der Waals surface area contributed by atoms with Gasteiger partial charge >= 0.3 is 0 Å². The second-order valence-electron chi connectivity index (χ2n) is 9.12. The number of anilines is 1. The molecular formula is C30H28BrN3O3S. The lowest BCUT2D eigenvalue weighted by Crippen LogP contribution is -2.49. The number of piperazine rings is 1. The molecule has 0 bridgehead atoms. The summed E-state index contributed by atoms with van der Waals surface area (Å²) < 4.78 is 29.1. The molecule has 8 heteroatoms. The van der Waals surface area contributed by atoms with Crippen molar-refractivity contribution in [1.82, 2.24) is 9.21 Å². The largest absolute Gasteiger partial charge is 0.322 e. The maximum absolute atomic E-state index is 13.4. The molecule has 1 aliphatic rings. The van der Waals surface area contributed by atoms with E-state index < -0.39 is 10.0 Å². The molecule has 38 heavy (non-hydrogen) atoms. The van der Waals surface area contributed by atoms with E-state index in [2.05, 4.69) is 50.4 Å². The molecule has 1 fully saturated rings. The van der Waals surface area contributed by atoms with Gasteiger partial charge in [-0.2, -0.15) is 4.31 Å². The van der Waals surface area contributed by atoms with Crippen LogP contribution in [0.1, 0.15) is 27.5 Å². The fourth-order valence-corrected chi connectivity index (χ4v) is 6.68. The van der Waals surface area contributed by atoms with Crippen LogP contribution in [-0.4, -0.2) is 49.7 Å². The first-order valence-electron chi connectivity index (χ1n) is 12.4. The highest BCUT2D eigenvalue weighted by Crippen LogP contribution is 2.30. The molecule has 6 nitrogen and oxygen atoms in total. The van der Waals surface area contributed by atoms with Crippen LogP contribution in [0, 0.1) is 0 Å². The van der Waals surface area contributed by atoms with Crippen molar-refractivity contribution in [3.8, 4) is 0 Å². The minimum absolute atomic E-state index is 0.0646. The van der Waals surface area contributed by atoms with E-state index in [1.54, 1.807) is 46.8 Å². The molecule has 0 radical (unpaired) electrons. The first-order valence-corrected chi connectivity index (χ1v) is 14.7. The fourth-order valence-electron chi connectivity index (χ4n) is 4.79. The predicted molar refractivity (Wildman–Crippen MR) is 154 cm³/mol. The third kappa shape index (κ3) is 5.73. The van der Waals surface area contributed by atoms with E-state index >= 15 is 0 Å². The Bertz CT molecular complexity index is 1450. The van der Waals surface area contributed by atoms with Crippen molar-refractivity contribution in [2.24, 2.45) is 0 Å². The van der Waals surface area contributed by atoms with Crippen LogP contribution in [0.2, 0.25) is 0 Å². The summed E-state index contributed by atoms with van der Waals surface area (Å²) in [6.45, 7) is 2.04. The van der Waals surface area contributed by atoms with Gasteiger partial charge in [0, 0.05) is 36.3 Å². The van der Waals surface area contributed by atoms with E-state index in [1.807, 2.05) is 42.5 Å². The standard InChI is InChI=1S/C30H28BrN3O3S/c31-28-14-8-7-13-27(28)30(35)32-25-15-17-26(18-16-25)38(36,37)34-21-19-33(20-22-34)29(23-9-3-1-4-10-23)24-11-5-2-6-12-24/h1-18,29H,19-22H2,(H,32,35). The van der Waals surface area contributed by atoms with Crippen molar-refractivity contribution in [2.75, 3.05) is 31.5 Å². The number of carbonyl (C=O) groups is 1. The molecule has 1 aliphatic heterocycles. The number of nitrogens with zero attached hydrogens (tertiary/aromatic N) is 2. The number of halogens is 1. The summed E-state index contributed by atoms with van der Waals surface area (Å²) in [7, 11) is -3.66. The second kappa shape index (κ2) is 11.6. The Hall–Kier alpha value is -3.30. The Morgan fingerprint density at radius 1 is 0.711 bits per heavy atom. The van der Waals surface area contributed by atoms with E-state index in [9.17, 15) is 13.2 Å². The van der Waals surface area contributed by atoms with Gasteiger partial charge in [0.2, 0.25) is 10.0 Å². The summed E-state index contributed by atoms with van der Waals surface area (Å²) in [6.07, 6.45) is 0. The molecule has 194 valence electrons. The molecule has 0 atom stereocenters. The minimum Gasteiger partial charge on any atom is -0.322 e. The molecule has 5 rings (SSSR count).